The Morgan fingerprint density at radius 2 is 1.75 bits per heavy atom. The topological polar surface area (TPSA) is 0 Å². The molecule has 0 amide bonds. The van der Waals surface area contributed by atoms with E-state index in [-0.39, 0.29) is 0 Å². The monoisotopic (exact) mass is 214 g/mol. The maximum atomic E-state index is 2.47. The van der Waals surface area contributed by atoms with Crippen LogP contribution in [0.5, 0.6) is 0 Å². The van der Waals surface area contributed by atoms with Crippen molar-refractivity contribution in [2.75, 3.05) is 0 Å². The maximum Gasteiger partial charge on any atom is -0.0124 e. The molecule has 1 aromatic carbocycles. The molecule has 0 aliphatic heterocycles. The Labute approximate surface area is 99.4 Å². The van der Waals surface area contributed by atoms with Gasteiger partial charge in [0, 0.05) is 0 Å². The summed E-state index contributed by atoms with van der Waals surface area (Å²) in [4.78, 5) is 0. The highest BCUT2D eigenvalue weighted by Crippen LogP contribution is 2.38. The molecule has 16 heavy (non-hydrogen) atoms. The smallest absolute Gasteiger partial charge is 0.0124 e. The Bertz CT molecular complexity index is 365. The fourth-order valence-electron chi connectivity index (χ4n) is 2.54. The number of allylic oxidation sites excluding steroid dienone is 2. The average molecular weight is 214 g/mol. The Morgan fingerprint density at radius 1 is 1.06 bits per heavy atom. The van der Waals surface area contributed by atoms with Crippen molar-refractivity contribution in [2.45, 2.75) is 46.0 Å². The molecule has 0 heteroatoms. The van der Waals surface area contributed by atoms with Gasteiger partial charge in [-0.3, -0.25) is 0 Å². The fourth-order valence-corrected chi connectivity index (χ4v) is 2.54. The summed E-state index contributed by atoms with van der Waals surface area (Å²) in [5.41, 5.74) is 3.51. The highest BCUT2D eigenvalue weighted by Gasteiger charge is 2.22. The molecular formula is C16H22. The minimum Gasteiger partial charge on any atom is -0.0842 e. The van der Waals surface area contributed by atoms with E-state index in [2.05, 4.69) is 57.2 Å². The van der Waals surface area contributed by atoms with Gasteiger partial charge in [-0.15, -0.1) is 0 Å². The Hall–Kier alpha value is -1.04. The molecule has 0 heterocycles. The Morgan fingerprint density at radius 3 is 2.25 bits per heavy atom. The molecule has 0 spiro atoms. The zero-order valence-electron chi connectivity index (χ0n) is 10.7. The van der Waals surface area contributed by atoms with Crippen molar-refractivity contribution in [3.8, 4) is 0 Å². The van der Waals surface area contributed by atoms with Gasteiger partial charge in [-0.25, -0.2) is 0 Å². The average Bonchev–Trinajstić information content (AvgIpc) is 2.29. The van der Waals surface area contributed by atoms with E-state index in [0.29, 0.717) is 5.41 Å². The largest absolute Gasteiger partial charge is 0.0842 e. The molecule has 1 aliphatic rings. The molecular weight excluding hydrogens is 192 g/mol. The van der Waals surface area contributed by atoms with Crippen molar-refractivity contribution in [3.05, 3.63) is 47.5 Å². The van der Waals surface area contributed by atoms with E-state index in [1.54, 1.807) is 5.57 Å². The minimum absolute atomic E-state index is 0.363. The van der Waals surface area contributed by atoms with Crippen LogP contribution in [0.25, 0.3) is 0 Å². The molecule has 0 radical (unpaired) electrons. The van der Waals surface area contributed by atoms with Crippen molar-refractivity contribution in [1.82, 2.24) is 0 Å². The van der Waals surface area contributed by atoms with Gasteiger partial charge in [0.2, 0.25) is 0 Å². The van der Waals surface area contributed by atoms with Crippen LogP contribution >= 0.6 is 0 Å². The zero-order valence-corrected chi connectivity index (χ0v) is 10.7. The van der Waals surface area contributed by atoms with Crippen LogP contribution in [0.1, 0.15) is 51.5 Å². The second kappa shape index (κ2) is 4.45. The van der Waals surface area contributed by atoms with Crippen LogP contribution in [0.4, 0.5) is 0 Å². The normalized spacial score (nSPS) is 21.7. The lowest BCUT2D eigenvalue weighted by Crippen LogP contribution is -2.14. The van der Waals surface area contributed by atoms with Crippen LogP contribution in [0.15, 0.2) is 42.0 Å². The molecule has 0 nitrogen and oxygen atoms in total. The summed E-state index contributed by atoms with van der Waals surface area (Å²) in [5.74, 6) is 0.743. The van der Waals surface area contributed by atoms with Gasteiger partial charge in [0.15, 0.2) is 0 Å². The highest BCUT2D eigenvalue weighted by atomic mass is 14.3. The summed E-state index contributed by atoms with van der Waals surface area (Å²) < 4.78 is 0. The summed E-state index contributed by atoms with van der Waals surface area (Å²) in [5, 5.41) is 0. The van der Waals surface area contributed by atoms with Crippen LogP contribution in [-0.2, 0) is 0 Å². The van der Waals surface area contributed by atoms with E-state index in [0.717, 1.165) is 5.92 Å². The summed E-state index contributed by atoms with van der Waals surface area (Å²) in [7, 11) is 0. The Kier molecular flexibility index (Phi) is 3.18. The van der Waals surface area contributed by atoms with Gasteiger partial charge in [0.1, 0.15) is 0 Å². The SMILES string of the molecule is CC(C)(C)C1=CCC(c2ccccc2)CC1. The lowest BCUT2D eigenvalue weighted by molar-refractivity contribution is 0.445. The van der Waals surface area contributed by atoms with Gasteiger partial charge in [-0.05, 0) is 36.2 Å². The van der Waals surface area contributed by atoms with Gasteiger partial charge in [0.05, 0.1) is 0 Å². The van der Waals surface area contributed by atoms with E-state index in [1.807, 2.05) is 0 Å². The van der Waals surface area contributed by atoms with E-state index < -0.39 is 0 Å². The molecule has 1 atom stereocenters. The standard InChI is InChI=1S/C16H22/c1-16(2,3)15-11-9-14(10-12-15)13-7-5-4-6-8-13/h4-8,11,14H,9-10,12H2,1-3H3. The van der Waals surface area contributed by atoms with Crippen molar-refractivity contribution < 1.29 is 0 Å². The summed E-state index contributed by atoms with van der Waals surface area (Å²) >= 11 is 0. The van der Waals surface area contributed by atoms with E-state index in [1.165, 1.54) is 24.8 Å². The third kappa shape index (κ3) is 2.55. The number of hydrogen-bond donors (Lipinski definition) is 0. The third-order valence-corrected chi connectivity index (χ3v) is 3.65. The molecule has 0 fully saturated rings. The van der Waals surface area contributed by atoms with Gasteiger partial charge < -0.3 is 0 Å². The van der Waals surface area contributed by atoms with Crippen LogP contribution in [-0.4, -0.2) is 0 Å². The molecule has 86 valence electrons. The zero-order chi connectivity index (χ0) is 11.6. The second-order valence-corrected chi connectivity index (χ2v) is 5.86. The molecule has 0 bridgehead atoms. The van der Waals surface area contributed by atoms with Gasteiger partial charge >= 0.3 is 0 Å². The molecule has 0 aromatic heterocycles. The number of rotatable bonds is 1. The predicted molar refractivity (Wildman–Crippen MR) is 70.6 cm³/mol. The minimum atomic E-state index is 0.363. The molecule has 0 saturated carbocycles. The molecule has 0 N–H and O–H groups in total. The van der Waals surface area contributed by atoms with Crippen molar-refractivity contribution in [1.29, 1.82) is 0 Å². The molecule has 0 saturated heterocycles. The first-order valence-corrected chi connectivity index (χ1v) is 6.32. The quantitative estimate of drug-likeness (QED) is 0.582. The van der Waals surface area contributed by atoms with Crippen molar-refractivity contribution >= 4 is 0 Å². The van der Waals surface area contributed by atoms with Crippen molar-refractivity contribution in [2.24, 2.45) is 5.41 Å². The van der Waals surface area contributed by atoms with Crippen LogP contribution < -0.4 is 0 Å². The maximum absolute atomic E-state index is 2.47. The predicted octanol–water partition coefficient (Wildman–Crippen LogP) is 4.93. The summed E-state index contributed by atoms with van der Waals surface area (Å²) in [6, 6.07) is 10.9. The van der Waals surface area contributed by atoms with Gasteiger partial charge in [-0.1, -0.05) is 62.8 Å². The van der Waals surface area contributed by atoms with E-state index in [4.69, 9.17) is 0 Å². The highest BCUT2D eigenvalue weighted by molar-refractivity contribution is 5.24. The lowest BCUT2D eigenvalue weighted by Gasteiger charge is -2.30. The number of benzene rings is 1. The molecule has 1 aromatic rings. The van der Waals surface area contributed by atoms with Gasteiger partial charge in [0.25, 0.3) is 0 Å². The number of hydrogen-bond acceptors (Lipinski definition) is 0. The molecule has 2 rings (SSSR count). The van der Waals surface area contributed by atoms with E-state index in [9.17, 15) is 0 Å². The summed E-state index contributed by atoms with van der Waals surface area (Å²) in [6.07, 6.45) is 6.27. The first kappa shape index (κ1) is 11.4. The van der Waals surface area contributed by atoms with Gasteiger partial charge in [-0.2, -0.15) is 0 Å². The second-order valence-electron chi connectivity index (χ2n) is 5.86. The van der Waals surface area contributed by atoms with Crippen LogP contribution in [0, 0.1) is 5.41 Å². The van der Waals surface area contributed by atoms with Crippen molar-refractivity contribution in [3.63, 3.8) is 0 Å². The lowest BCUT2D eigenvalue weighted by atomic mass is 9.76. The fraction of sp³-hybridized carbons (Fsp3) is 0.500. The van der Waals surface area contributed by atoms with Crippen LogP contribution in [0.2, 0.25) is 0 Å². The first-order valence-electron chi connectivity index (χ1n) is 6.32. The molecule has 1 aliphatic carbocycles. The first-order chi connectivity index (χ1) is 7.57. The van der Waals surface area contributed by atoms with Crippen LogP contribution in [0.3, 0.4) is 0 Å². The third-order valence-electron chi connectivity index (χ3n) is 3.65. The van der Waals surface area contributed by atoms with E-state index >= 15 is 0 Å². The summed E-state index contributed by atoms with van der Waals surface area (Å²) in [6.45, 7) is 6.96. The molecule has 1 unspecified atom stereocenters. The Balaban J connectivity index is 2.08.